The number of methoxy groups -OCH3 is 2. The number of benzene rings is 2. The molecule has 4 aromatic rings. The fourth-order valence-corrected chi connectivity index (χ4v) is 4.94. The van der Waals surface area contributed by atoms with Crippen LogP contribution in [-0.2, 0) is 6.54 Å². The summed E-state index contributed by atoms with van der Waals surface area (Å²) in [5.74, 6) is 0.670. The van der Waals surface area contributed by atoms with Gasteiger partial charge in [-0.15, -0.1) is 0 Å². The smallest absolute Gasteiger partial charge is 0.260 e. The van der Waals surface area contributed by atoms with E-state index in [2.05, 4.69) is 35.0 Å². The van der Waals surface area contributed by atoms with Gasteiger partial charge in [0.2, 0.25) is 12.0 Å². The number of carbonyl (C=O) groups is 1. The molecule has 0 unspecified atom stereocenters. The average molecular weight is 538 g/mol. The number of aromatic amines is 1. The van der Waals surface area contributed by atoms with E-state index in [1.165, 1.54) is 26.6 Å². The van der Waals surface area contributed by atoms with Crippen LogP contribution < -0.4 is 14.8 Å². The van der Waals surface area contributed by atoms with Crippen LogP contribution in [0.3, 0.4) is 0 Å². The van der Waals surface area contributed by atoms with Crippen molar-refractivity contribution in [2.24, 2.45) is 0 Å². The lowest BCUT2D eigenvalue weighted by atomic mass is 9.99. The van der Waals surface area contributed by atoms with Gasteiger partial charge in [-0.1, -0.05) is 29.3 Å². The number of H-pyrrole nitrogens is 1. The third-order valence-corrected chi connectivity index (χ3v) is 6.84. The third-order valence-electron chi connectivity index (χ3n) is 6.09. The summed E-state index contributed by atoms with van der Waals surface area (Å²) in [7, 11) is 3.00. The number of amides is 1. The fraction of sp³-hybridized carbons (Fsp3) is 0.240. The molecule has 0 aliphatic carbocycles. The van der Waals surface area contributed by atoms with Crippen molar-refractivity contribution < 1.29 is 14.3 Å². The van der Waals surface area contributed by atoms with Crippen molar-refractivity contribution in [2.75, 3.05) is 32.6 Å². The van der Waals surface area contributed by atoms with Gasteiger partial charge in [-0.25, -0.2) is 11.6 Å². The molecule has 12 heteroatoms. The van der Waals surface area contributed by atoms with Gasteiger partial charge in [0, 0.05) is 36.1 Å². The Bertz CT molecular complexity index is 1520. The molecular formula is C25H21Cl2N7O3. The monoisotopic (exact) mass is 537 g/mol. The highest BCUT2D eigenvalue weighted by molar-refractivity contribution is 6.41. The number of likely N-dealkylation sites (tertiary alicyclic amines) is 1. The topological polar surface area (TPSA) is 110 Å². The van der Waals surface area contributed by atoms with Crippen LogP contribution in [0, 0.1) is 6.57 Å². The number of imidazole rings is 1. The highest BCUT2D eigenvalue weighted by Gasteiger charge is 2.31. The van der Waals surface area contributed by atoms with Crippen molar-refractivity contribution in [3.63, 3.8) is 0 Å². The molecule has 2 N–H and O–H groups in total. The summed E-state index contributed by atoms with van der Waals surface area (Å²) in [5.41, 5.74) is 2.97. The summed E-state index contributed by atoms with van der Waals surface area (Å²) in [6.45, 7) is 9.16. The summed E-state index contributed by atoms with van der Waals surface area (Å²) in [4.78, 5) is 35.1. The molecule has 0 spiro atoms. The second-order valence-corrected chi connectivity index (χ2v) is 9.14. The second-order valence-electron chi connectivity index (χ2n) is 8.39. The maximum absolute atomic E-state index is 13.2. The first-order valence-electron chi connectivity index (χ1n) is 11.2. The molecule has 1 aliphatic heterocycles. The molecule has 188 valence electrons. The van der Waals surface area contributed by atoms with Crippen molar-refractivity contribution in [2.45, 2.75) is 12.6 Å². The molecule has 0 bridgehead atoms. The first-order valence-corrected chi connectivity index (χ1v) is 12.0. The lowest BCUT2D eigenvalue weighted by Crippen LogP contribution is -2.48. The Kier molecular flexibility index (Phi) is 6.84. The van der Waals surface area contributed by atoms with E-state index in [-0.39, 0.29) is 16.1 Å². The lowest BCUT2D eigenvalue weighted by molar-refractivity contribution is 0.102. The number of carbonyl (C=O) groups excluding carboxylic acids is 1. The van der Waals surface area contributed by atoms with E-state index >= 15 is 0 Å². The Hall–Kier alpha value is -3.91. The Morgan fingerprint density at radius 2 is 1.81 bits per heavy atom. The number of rotatable bonds is 7. The van der Waals surface area contributed by atoms with Gasteiger partial charge in [0.15, 0.2) is 0 Å². The lowest BCUT2D eigenvalue weighted by Gasteiger charge is -2.30. The molecule has 10 nitrogen and oxygen atoms in total. The standard InChI is InChI=1S/C25H21Cl2N7O3/c1-28-14-11-34(12-14)10-13-9-31-25(32-13)33-24(35)16-5-4-15(22-23(16)30-7-6-29-22)19-20(26)17(36-2)8-18(37-3)21(19)27/h4-9,14H,10-12H2,2-3H3,(H2,31,32,33,35). The van der Waals surface area contributed by atoms with Gasteiger partial charge >= 0.3 is 0 Å². The number of halogens is 2. The quantitative estimate of drug-likeness (QED) is 0.329. The molecule has 0 saturated carbocycles. The van der Waals surface area contributed by atoms with Gasteiger partial charge in [0.25, 0.3) is 5.91 Å². The van der Waals surface area contributed by atoms with Crippen molar-refractivity contribution >= 4 is 46.1 Å². The minimum atomic E-state index is -0.407. The summed E-state index contributed by atoms with van der Waals surface area (Å²) in [5, 5.41) is 3.35. The first kappa shape index (κ1) is 24.8. The van der Waals surface area contributed by atoms with Crippen molar-refractivity contribution in [3.05, 3.63) is 69.5 Å². The Balaban J connectivity index is 1.46. The van der Waals surface area contributed by atoms with Crippen LogP contribution in [0.1, 0.15) is 16.1 Å². The second kappa shape index (κ2) is 10.2. The maximum Gasteiger partial charge on any atom is 0.260 e. The largest absolute Gasteiger partial charge is 0.495 e. The van der Waals surface area contributed by atoms with Crippen molar-refractivity contribution in [3.8, 4) is 22.6 Å². The Morgan fingerprint density at radius 1 is 1.14 bits per heavy atom. The number of nitrogens with zero attached hydrogens (tertiary/aromatic N) is 5. The number of ether oxygens (including phenoxy) is 2. The molecule has 3 heterocycles. The van der Waals surface area contributed by atoms with Crippen LogP contribution in [0.4, 0.5) is 5.95 Å². The fourth-order valence-electron chi connectivity index (χ4n) is 4.24. The molecule has 1 amide bonds. The normalized spacial score (nSPS) is 13.7. The van der Waals surface area contributed by atoms with E-state index in [9.17, 15) is 4.79 Å². The highest BCUT2D eigenvalue weighted by Crippen LogP contribution is 2.47. The predicted molar refractivity (Wildman–Crippen MR) is 140 cm³/mol. The first-order chi connectivity index (χ1) is 17.9. The van der Waals surface area contributed by atoms with Crippen molar-refractivity contribution in [1.29, 1.82) is 0 Å². The van der Waals surface area contributed by atoms with Gasteiger partial charge in [0.05, 0.1) is 60.3 Å². The number of nitrogens with one attached hydrogen (secondary N) is 2. The third kappa shape index (κ3) is 4.64. The van der Waals surface area contributed by atoms with Gasteiger partial charge in [-0.3, -0.25) is 25.0 Å². The van der Waals surface area contributed by atoms with E-state index in [4.69, 9.17) is 39.2 Å². The number of hydrogen-bond acceptors (Lipinski definition) is 7. The van der Waals surface area contributed by atoms with Gasteiger partial charge in [-0.05, 0) is 6.07 Å². The molecule has 5 rings (SSSR count). The van der Waals surface area contributed by atoms with Crippen LogP contribution in [0.15, 0.2) is 36.8 Å². The highest BCUT2D eigenvalue weighted by atomic mass is 35.5. The molecule has 1 fully saturated rings. The zero-order valence-electron chi connectivity index (χ0n) is 19.9. The molecule has 1 saturated heterocycles. The van der Waals surface area contributed by atoms with E-state index in [0.717, 1.165) is 18.8 Å². The number of anilines is 1. The predicted octanol–water partition coefficient (Wildman–Crippen LogP) is 4.70. The Labute approximate surface area is 222 Å². The summed E-state index contributed by atoms with van der Waals surface area (Å²) >= 11 is 13.3. The number of fused-ring (bicyclic) bond motifs is 1. The molecule has 2 aromatic heterocycles. The van der Waals surface area contributed by atoms with Crippen LogP contribution in [0.5, 0.6) is 11.5 Å². The van der Waals surface area contributed by atoms with E-state index in [0.29, 0.717) is 51.7 Å². The molecule has 37 heavy (non-hydrogen) atoms. The van der Waals surface area contributed by atoms with E-state index < -0.39 is 5.91 Å². The summed E-state index contributed by atoms with van der Waals surface area (Å²) in [6.07, 6.45) is 4.70. The van der Waals surface area contributed by atoms with Gasteiger partial charge in [0.1, 0.15) is 17.0 Å². The number of hydrogen-bond donors (Lipinski definition) is 2. The summed E-state index contributed by atoms with van der Waals surface area (Å²) < 4.78 is 10.8. The van der Waals surface area contributed by atoms with Crippen LogP contribution in [0.25, 0.3) is 27.0 Å². The minimum absolute atomic E-state index is 0.0577. The average Bonchev–Trinajstić information content (AvgIpc) is 3.32. The van der Waals surface area contributed by atoms with Gasteiger partial charge < -0.3 is 19.3 Å². The van der Waals surface area contributed by atoms with E-state index in [1.807, 2.05) is 0 Å². The maximum atomic E-state index is 13.2. The zero-order valence-corrected chi connectivity index (χ0v) is 21.4. The molecule has 0 atom stereocenters. The van der Waals surface area contributed by atoms with Crippen molar-refractivity contribution in [1.82, 2.24) is 24.8 Å². The zero-order chi connectivity index (χ0) is 26.1. The van der Waals surface area contributed by atoms with Crippen LogP contribution in [-0.4, -0.2) is 64.1 Å². The molecule has 1 aliphatic rings. The molecular weight excluding hydrogens is 517 g/mol. The van der Waals surface area contributed by atoms with E-state index in [1.54, 1.807) is 24.4 Å². The summed E-state index contributed by atoms with van der Waals surface area (Å²) in [6, 6.07) is 5.01. The van der Waals surface area contributed by atoms with Gasteiger partial charge in [-0.2, -0.15) is 0 Å². The Morgan fingerprint density at radius 3 is 2.46 bits per heavy atom. The molecule has 2 aromatic carbocycles. The van der Waals surface area contributed by atoms with Crippen LogP contribution in [0.2, 0.25) is 10.0 Å². The molecule has 0 radical (unpaired) electrons. The van der Waals surface area contributed by atoms with Crippen LogP contribution >= 0.6 is 23.2 Å². The SMILES string of the molecule is [C-]#[N+]C1CN(Cc2cnc(NC(=O)c3ccc(-c4c(Cl)c(OC)cc(OC)c4Cl)c4nccnc34)[nH]2)C1. The number of aromatic nitrogens is 4. The minimum Gasteiger partial charge on any atom is -0.495 e.